The summed E-state index contributed by atoms with van der Waals surface area (Å²) < 4.78 is 5.20. The molecule has 0 aliphatic rings. The van der Waals surface area contributed by atoms with E-state index in [9.17, 15) is 4.79 Å². The Labute approximate surface area is 81.2 Å². The number of ether oxygens (including phenoxy) is 1. The van der Waals surface area contributed by atoms with Crippen molar-refractivity contribution in [3.8, 4) is 5.88 Å². The van der Waals surface area contributed by atoms with Gasteiger partial charge in [0.25, 0.3) is 0 Å². The molecular formula is C8H12N2O2S. The monoisotopic (exact) mass is 200 g/mol. The molecule has 72 valence electrons. The molecule has 1 heterocycles. The molecule has 0 amide bonds. The molecular weight excluding hydrogens is 188 g/mol. The molecule has 0 aliphatic heterocycles. The Morgan fingerprint density at radius 3 is 2.77 bits per heavy atom. The Hall–Kier alpha value is -1.10. The molecule has 1 aromatic rings. The topological polar surface area (TPSA) is 42.4 Å². The number of aldehydes is 1. The van der Waals surface area contributed by atoms with Crippen LogP contribution < -0.4 is 9.64 Å². The van der Waals surface area contributed by atoms with E-state index >= 15 is 0 Å². The largest absolute Gasteiger partial charge is 0.477 e. The maximum Gasteiger partial charge on any atom is 0.237 e. The van der Waals surface area contributed by atoms with Gasteiger partial charge in [-0.15, -0.1) is 0 Å². The van der Waals surface area contributed by atoms with Gasteiger partial charge in [-0.3, -0.25) is 4.79 Å². The lowest BCUT2D eigenvalue weighted by molar-refractivity contribution is 0.112. The van der Waals surface area contributed by atoms with Crippen molar-refractivity contribution in [2.45, 2.75) is 6.92 Å². The van der Waals surface area contributed by atoms with Gasteiger partial charge in [0.2, 0.25) is 5.88 Å². The van der Waals surface area contributed by atoms with E-state index in [2.05, 4.69) is 4.98 Å². The lowest BCUT2D eigenvalue weighted by Crippen LogP contribution is -2.07. The molecule has 0 N–H and O–H groups in total. The van der Waals surface area contributed by atoms with Gasteiger partial charge in [-0.05, 0) is 6.92 Å². The molecule has 1 aromatic heterocycles. The highest BCUT2D eigenvalue weighted by atomic mass is 32.1. The van der Waals surface area contributed by atoms with Gasteiger partial charge in [-0.25, -0.2) is 0 Å². The summed E-state index contributed by atoms with van der Waals surface area (Å²) >= 11 is 1.33. The van der Waals surface area contributed by atoms with Crippen LogP contribution in [0.1, 0.15) is 16.6 Å². The standard InChI is InChI=1S/C8H12N2O2S/c1-4-12-7-6(5-11)13-8(9-7)10(2)3/h5H,4H2,1-3H3. The fourth-order valence-corrected chi connectivity index (χ4v) is 1.56. The van der Waals surface area contributed by atoms with Crippen LogP contribution in [0.2, 0.25) is 0 Å². The number of nitrogens with zero attached hydrogens (tertiary/aromatic N) is 2. The second-order valence-corrected chi connectivity index (χ2v) is 3.62. The molecule has 0 saturated heterocycles. The summed E-state index contributed by atoms with van der Waals surface area (Å²) in [4.78, 5) is 17.2. The van der Waals surface area contributed by atoms with Gasteiger partial charge in [0.05, 0.1) is 6.61 Å². The van der Waals surface area contributed by atoms with E-state index in [1.54, 1.807) is 0 Å². The van der Waals surface area contributed by atoms with Crippen LogP contribution in [0.25, 0.3) is 0 Å². The van der Waals surface area contributed by atoms with Crippen LogP contribution in [-0.2, 0) is 0 Å². The fraction of sp³-hybridized carbons (Fsp3) is 0.500. The Balaban J connectivity index is 2.96. The number of aromatic nitrogens is 1. The van der Waals surface area contributed by atoms with Gasteiger partial charge in [-0.2, -0.15) is 4.98 Å². The Bertz CT molecular complexity index is 296. The van der Waals surface area contributed by atoms with Crippen LogP contribution >= 0.6 is 11.3 Å². The molecule has 5 heteroatoms. The fourth-order valence-electron chi connectivity index (χ4n) is 0.813. The second-order valence-electron chi connectivity index (χ2n) is 2.61. The first-order valence-corrected chi connectivity index (χ1v) is 4.76. The van der Waals surface area contributed by atoms with Gasteiger partial charge >= 0.3 is 0 Å². The minimum absolute atomic E-state index is 0.436. The third-order valence-corrected chi connectivity index (χ3v) is 2.51. The quantitative estimate of drug-likeness (QED) is 0.689. The SMILES string of the molecule is CCOc1nc(N(C)C)sc1C=O. The molecule has 0 fully saturated rings. The number of hydrogen-bond donors (Lipinski definition) is 0. The van der Waals surface area contributed by atoms with E-state index in [1.165, 1.54) is 11.3 Å². The highest BCUT2D eigenvalue weighted by Gasteiger charge is 2.12. The number of thiazole rings is 1. The smallest absolute Gasteiger partial charge is 0.237 e. The van der Waals surface area contributed by atoms with Crippen molar-refractivity contribution in [2.24, 2.45) is 0 Å². The van der Waals surface area contributed by atoms with Crippen molar-refractivity contribution in [2.75, 3.05) is 25.6 Å². The second kappa shape index (κ2) is 4.23. The molecule has 13 heavy (non-hydrogen) atoms. The molecule has 0 atom stereocenters. The highest BCUT2D eigenvalue weighted by Crippen LogP contribution is 2.28. The number of rotatable bonds is 4. The average Bonchev–Trinajstić information content (AvgIpc) is 2.48. The van der Waals surface area contributed by atoms with E-state index in [1.807, 2.05) is 25.9 Å². The van der Waals surface area contributed by atoms with Crippen molar-refractivity contribution < 1.29 is 9.53 Å². The summed E-state index contributed by atoms with van der Waals surface area (Å²) in [6.07, 6.45) is 0.773. The van der Waals surface area contributed by atoms with E-state index in [4.69, 9.17) is 4.74 Å². The maximum atomic E-state index is 10.6. The summed E-state index contributed by atoms with van der Waals surface area (Å²) in [5.41, 5.74) is 0. The number of carbonyl (C=O) groups excluding carboxylic acids is 1. The predicted molar refractivity (Wildman–Crippen MR) is 53.0 cm³/mol. The molecule has 0 aromatic carbocycles. The van der Waals surface area contributed by atoms with Crippen LogP contribution in [0.5, 0.6) is 5.88 Å². The first kappa shape index (κ1) is 9.98. The van der Waals surface area contributed by atoms with Crippen LogP contribution in [0.4, 0.5) is 5.13 Å². The number of carbonyl (C=O) groups is 1. The normalized spacial score (nSPS) is 9.77. The van der Waals surface area contributed by atoms with Crippen molar-refractivity contribution in [3.63, 3.8) is 0 Å². The lowest BCUT2D eigenvalue weighted by Gasteiger charge is -2.05. The number of hydrogen-bond acceptors (Lipinski definition) is 5. The molecule has 0 saturated carbocycles. The number of anilines is 1. The Kier molecular flexibility index (Phi) is 3.25. The van der Waals surface area contributed by atoms with Crippen LogP contribution in [0.3, 0.4) is 0 Å². The van der Waals surface area contributed by atoms with E-state index in [0.717, 1.165) is 11.4 Å². The lowest BCUT2D eigenvalue weighted by atomic mass is 10.6. The summed E-state index contributed by atoms with van der Waals surface area (Å²) in [6, 6.07) is 0. The zero-order valence-electron chi connectivity index (χ0n) is 7.90. The van der Waals surface area contributed by atoms with Crippen molar-refractivity contribution in [1.82, 2.24) is 4.98 Å². The van der Waals surface area contributed by atoms with Gasteiger partial charge in [0, 0.05) is 14.1 Å². The average molecular weight is 200 g/mol. The zero-order valence-corrected chi connectivity index (χ0v) is 8.72. The summed E-state index contributed by atoms with van der Waals surface area (Å²) in [5.74, 6) is 0.436. The molecule has 4 nitrogen and oxygen atoms in total. The van der Waals surface area contributed by atoms with Gasteiger partial charge in [0.1, 0.15) is 4.88 Å². The highest BCUT2D eigenvalue weighted by molar-refractivity contribution is 7.17. The van der Waals surface area contributed by atoms with Crippen molar-refractivity contribution in [1.29, 1.82) is 0 Å². The molecule has 1 rings (SSSR count). The van der Waals surface area contributed by atoms with Crippen molar-refractivity contribution in [3.05, 3.63) is 4.88 Å². The maximum absolute atomic E-state index is 10.6. The third-order valence-electron chi connectivity index (χ3n) is 1.38. The molecule has 0 aliphatic carbocycles. The van der Waals surface area contributed by atoms with E-state index in [0.29, 0.717) is 17.4 Å². The summed E-state index contributed by atoms with van der Waals surface area (Å²) in [7, 11) is 3.76. The van der Waals surface area contributed by atoms with Gasteiger partial charge in [-0.1, -0.05) is 11.3 Å². The molecule has 0 radical (unpaired) electrons. The Morgan fingerprint density at radius 2 is 2.31 bits per heavy atom. The Morgan fingerprint density at radius 1 is 1.62 bits per heavy atom. The zero-order chi connectivity index (χ0) is 9.84. The van der Waals surface area contributed by atoms with E-state index < -0.39 is 0 Å². The van der Waals surface area contributed by atoms with E-state index in [-0.39, 0.29) is 0 Å². The summed E-state index contributed by atoms with van der Waals surface area (Å²) in [5, 5.41) is 0.783. The third kappa shape index (κ3) is 2.18. The first-order valence-electron chi connectivity index (χ1n) is 3.95. The minimum Gasteiger partial charge on any atom is -0.477 e. The van der Waals surface area contributed by atoms with Crippen LogP contribution in [-0.4, -0.2) is 32.0 Å². The predicted octanol–water partition coefficient (Wildman–Crippen LogP) is 1.42. The molecule has 0 spiro atoms. The van der Waals surface area contributed by atoms with Crippen LogP contribution in [0.15, 0.2) is 0 Å². The first-order chi connectivity index (χ1) is 6.19. The molecule has 0 unspecified atom stereocenters. The molecule has 0 bridgehead atoms. The van der Waals surface area contributed by atoms with Gasteiger partial charge < -0.3 is 9.64 Å². The summed E-state index contributed by atoms with van der Waals surface area (Å²) in [6.45, 7) is 2.39. The van der Waals surface area contributed by atoms with Crippen LogP contribution in [0, 0.1) is 0 Å². The minimum atomic E-state index is 0.436. The van der Waals surface area contributed by atoms with Gasteiger partial charge in [0.15, 0.2) is 11.4 Å². The van der Waals surface area contributed by atoms with Crippen molar-refractivity contribution >= 4 is 22.8 Å².